The van der Waals surface area contributed by atoms with Gasteiger partial charge >= 0.3 is 0 Å². The van der Waals surface area contributed by atoms with Crippen LogP contribution in [-0.2, 0) is 13.0 Å². The summed E-state index contributed by atoms with van der Waals surface area (Å²) in [6, 6.07) is 7.82. The molecule has 0 aliphatic rings. The molecule has 2 rings (SSSR count). The van der Waals surface area contributed by atoms with E-state index in [0.29, 0.717) is 19.0 Å². The van der Waals surface area contributed by atoms with Crippen LogP contribution < -0.4 is 10.5 Å². The summed E-state index contributed by atoms with van der Waals surface area (Å²) in [4.78, 5) is 3.87. The maximum atomic E-state index is 5.51. The molecule has 0 atom stereocenters. The topological polar surface area (TPSA) is 74.2 Å². The van der Waals surface area contributed by atoms with Gasteiger partial charge in [0.2, 0.25) is 12.2 Å². The van der Waals surface area contributed by atoms with Crippen LogP contribution in [0.2, 0.25) is 0 Å². The molecule has 5 nitrogen and oxygen atoms in total. The van der Waals surface area contributed by atoms with Crippen LogP contribution in [0.5, 0.6) is 5.75 Å². The third-order valence-corrected chi connectivity index (χ3v) is 2.11. The number of nitrogens with two attached hydrogens (primary N) is 1. The third-order valence-electron chi connectivity index (χ3n) is 2.11. The van der Waals surface area contributed by atoms with Crippen molar-refractivity contribution in [3.8, 4) is 5.75 Å². The molecule has 0 aliphatic carbocycles. The van der Waals surface area contributed by atoms with Gasteiger partial charge in [-0.25, -0.2) is 0 Å². The fraction of sp³-hybridized carbons (Fsp3) is 0.273. The summed E-state index contributed by atoms with van der Waals surface area (Å²) in [5, 5.41) is 3.66. The average molecular weight is 219 g/mol. The van der Waals surface area contributed by atoms with Gasteiger partial charge in [-0.15, -0.1) is 0 Å². The molecule has 0 saturated carbocycles. The fourth-order valence-electron chi connectivity index (χ4n) is 1.36. The van der Waals surface area contributed by atoms with Crippen molar-refractivity contribution < 1.29 is 9.26 Å². The molecule has 0 aliphatic heterocycles. The lowest BCUT2D eigenvalue weighted by atomic mass is 10.1. The summed E-state index contributed by atoms with van der Waals surface area (Å²) in [6.45, 7) is 0.941. The Morgan fingerprint density at radius 2 is 2.31 bits per heavy atom. The van der Waals surface area contributed by atoms with Crippen LogP contribution in [0.4, 0.5) is 0 Å². The van der Waals surface area contributed by atoms with Gasteiger partial charge in [-0.3, -0.25) is 0 Å². The first-order valence-corrected chi connectivity index (χ1v) is 5.05. The van der Waals surface area contributed by atoms with E-state index in [0.717, 1.165) is 17.7 Å². The molecule has 0 spiro atoms. The second-order valence-corrected chi connectivity index (χ2v) is 3.32. The van der Waals surface area contributed by atoms with Gasteiger partial charge in [0.15, 0.2) is 6.61 Å². The predicted octanol–water partition coefficient (Wildman–Crippen LogP) is 1.15. The second kappa shape index (κ2) is 5.27. The standard InChI is InChI=1S/C11H13N3O2/c12-5-4-9-2-1-3-10(6-9)15-7-11-13-8-16-14-11/h1-3,6,8H,4-5,7,12H2. The van der Waals surface area contributed by atoms with E-state index in [-0.39, 0.29) is 0 Å². The van der Waals surface area contributed by atoms with Gasteiger partial charge < -0.3 is 15.0 Å². The van der Waals surface area contributed by atoms with E-state index in [1.54, 1.807) is 0 Å². The maximum absolute atomic E-state index is 5.51. The van der Waals surface area contributed by atoms with Gasteiger partial charge in [0, 0.05) is 0 Å². The molecule has 1 heterocycles. The lowest BCUT2D eigenvalue weighted by Gasteiger charge is -2.05. The van der Waals surface area contributed by atoms with E-state index in [9.17, 15) is 0 Å². The molecular weight excluding hydrogens is 206 g/mol. The minimum atomic E-state index is 0.308. The molecule has 0 fully saturated rings. The first-order valence-electron chi connectivity index (χ1n) is 5.05. The highest BCUT2D eigenvalue weighted by Gasteiger charge is 2.00. The Kier molecular flexibility index (Phi) is 3.50. The summed E-state index contributed by atoms with van der Waals surface area (Å²) in [6.07, 6.45) is 2.13. The Bertz CT molecular complexity index is 429. The molecule has 2 N–H and O–H groups in total. The van der Waals surface area contributed by atoms with Gasteiger partial charge in [0.05, 0.1) is 0 Å². The van der Waals surface area contributed by atoms with Crippen molar-refractivity contribution in [2.75, 3.05) is 6.54 Å². The van der Waals surface area contributed by atoms with Crippen molar-refractivity contribution in [2.24, 2.45) is 5.73 Å². The molecule has 1 aromatic heterocycles. The highest BCUT2D eigenvalue weighted by Crippen LogP contribution is 2.14. The van der Waals surface area contributed by atoms with E-state index in [1.165, 1.54) is 6.39 Å². The normalized spacial score (nSPS) is 10.3. The zero-order valence-electron chi connectivity index (χ0n) is 8.80. The minimum absolute atomic E-state index is 0.308. The molecule has 0 radical (unpaired) electrons. The number of nitrogens with zero attached hydrogens (tertiary/aromatic N) is 2. The molecule has 0 bridgehead atoms. The van der Waals surface area contributed by atoms with Crippen molar-refractivity contribution >= 4 is 0 Å². The van der Waals surface area contributed by atoms with E-state index in [2.05, 4.69) is 14.7 Å². The summed E-state index contributed by atoms with van der Waals surface area (Å²) in [5.41, 5.74) is 6.65. The first kappa shape index (κ1) is 10.6. The SMILES string of the molecule is NCCc1cccc(OCc2ncon2)c1. The maximum Gasteiger partial charge on any atom is 0.213 e. The van der Waals surface area contributed by atoms with Crippen LogP contribution in [0, 0.1) is 0 Å². The average Bonchev–Trinajstić information content (AvgIpc) is 2.80. The van der Waals surface area contributed by atoms with Crippen LogP contribution >= 0.6 is 0 Å². The van der Waals surface area contributed by atoms with Crippen molar-refractivity contribution in [1.29, 1.82) is 0 Å². The Hall–Kier alpha value is -1.88. The molecule has 84 valence electrons. The molecule has 5 heteroatoms. The zero-order chi connectivity index (χ0) is 11.2. The largest absolute Gasteiger partial charge is 0.485 e. The van der Waals surface area contributed by atoms with Gasteiger partial charge in [-0.2, -0.15) is 4.98 Å². The van der Waals surface area contributed by atoms with Crippen molar-refractivity contribution in [2.45, 2.75) is 13.0 Å². The van der Waals surface area contributed by atoms with Crippen molar-refractivity contribution in [1.82, 2.24) is 10.1 Å². The summed E-state index contributed by atoms with van der Waals surface area (Å²) >= 11 is 0. The molecular formula is C11H13N3O2. The molecule has 0 saturated heterocycles. The zero-order valence-corrected chi connectivity index (χ0v) is 8.80. The molecule has 0 unspecified atom stereocenters. The molecule has 1 aromatic carbocycles. The van der Waals surface area contributed by atoms with Crippen molar-refractivity contribution in [3.63, 3.8) is 0 Å². The highest BCUT2D eigenvalue weighted by atomic mass is 16.5. The summed E-state index contributed by atoms with van der Waals surface area (Å²) in [7, 11) is 0. The molecule has 2 aromatic rings. The van der Waals surface area contributed by atoms with Crippen LogP contribution in [0.1, 0.15) is 11.4 Å². The van der Waals surface area contributed by atoms with E-state index >= 15 is 0 Å². The minimum Gasteiger partial charge on any atom is -0.485 e. The summed E-state index contributed by atoms with van der Waals surface area (Å²) in [5.74, 6) is 1.32. The Morgan fingerprint density at radius 3 is 3.06 bits per heavy atom. The smallest absolute Gasteiger partial charge is 0.213 e. The number of rotatable bonds is 5. The quantitative estimate of drug-likeness (QED) is 0.816. The van der Waals surface area contributed by atoms with Crippen LogP contribution in [0.15, 0.2) is 35.2 Å². The first-order chi connectivity index (χ1) is 7.88. The van der Waals surface area contributed by atoms with Gasteiger partial charge in [0.1, 0.15) is 5.75 Å². The molecule has 0 amide bonds. The third kappa shape index (κ3) is 2.80. The Morgan fingerprint density at radius 1 is 1.38 bits per heavy atom. The number of benzene rings is 1. The number of aromatic nitrogens is 2. The molecule has 16 heavy (non-hydrogen) atoms. The predicted molar refractivity (Wildman–Crippen MR) is 57.8 cm³/mol. The second-order valence-electron chi connectivity index (χ2n) is 3.32. The Labute approximate surface area is 93.2 Å². The van der Waals surface area contributed by atoms with E-state index in [4.69, 9.17) is 10.5 Å². The lowest BCUT2D eigenvalue weighted by Crippen LogP contribution is -2.03. The summed E-state index contributed by atoms with van der Waals surface area (Å²) < 4.78 is 10.1. The number of hydrogen-bond donors (Lipinski definition) is 1. The van der Waals surface area contributed by atoms with Crippen molar-refractivity contribution in [3.05, 3.63) is 42.0 Å². The van der Waals surface area contributed by atoms with Crippen LogP contribution in [0.3, 0.4) is 0 Å². The van der Waals surface area contributed by atoms with Crippen LogP contribution in [-0.4, -0.2) is 16.7 Å². The van der Waals surface area contributed by atoms with Crippen LogP contribution in [0.25, 0.3) is 0 Å². The number of ether oxygens (including phenoxy) is 1. The monoisotopic (exact) mass is 219 g/mol. The Balaban J connectivity index is 1.96. The van der Waals surface area contributed by atoms with Gasteiger partial charge in [-0.05, 0) is 30.7 Å². The van der Waals surface area contributed by atoms with Gasteiger partial charge in [-0.1, -0.05) is 17.3 Å². The lowest BCUT2D eigenvalue weighted by molar-refractivity contribution is 0.286. The number of hydrogen-bond acceptors (Lipinski definition) is 5. The van der Waals surface area contributed by atoms with E-state index < -0.39 is 0 Å². The highest BCUT2D eigenvalue weighted by molar-refractivity contribution is 5.28. The van der Waals surface area contributed by atoms with E-state index in [1.807, 2.05) is 24.3 Å². The van der Waals surface area contributed by atoms with Gasteiger partial charge in [0.25, 0.3) is 0 Å². The fourth-order valence-corrected chi connectivity index (χ4v) is 1.36.